The smallest absolute Gasteiger partial charge is 0.258 e. The monoisotopic (exact) mass is 284 g/mol. The summed E-state index contributed by atoms with van der Waals surface area (Å²) in [6, 6.07) is 8.73. The van der Waals surface area contributed by atoms with E-state index in [1.807, 2.05) is 18.2 Å². The van der Waals surface area contributed by atoms with Gasteiger partial charge in [-0.2, -0.15) is 4.98 Å². The van der Waals surface area contributed by atoms with Crippen molar-refractivity contribution in [2.45, 2.75) is 6.42 Å². The molecule has 0 bridgehead atoms. The van der Waals surface area contributed by atoms with Crippen LogP contribution in [0.15, 0.2) is 39.6 Å². The number of H-pyrrole nitrogens is 1. The SMILES string of the molecule is CNC(=O)Cc1noc(-c2cc(=O)[nH]c3ccccc23)n1. The number of aromatic nitrogens is 3. The number of likely N-dealkylation sites (N-methyl/N-ethyl adjacent to an activating group) is 1. The summed E-state index contributed by atoms with van der Waals surface area (Å²) >= 11 is 0. The molecule has 106 valence electrons. The Morgan fingerprint density at radius 1 is 1.38 bits per heavy atom. The van der Waals surface area contributed by atoms with Crippen molar-refractivity contribution in [1.29, 1.82) is 0 Å². The van der Waals surface area contributed by atoms with Crippen LogP contribution in [0.1, 0.15) is 5.82 Å². The van der Waals surface area contributed by atoms with Crippen molar-refractivity contribution in [3.05, 3.63) is 46.5 Å². The van der Waals surface area contributed by atoms with Crippen LogP contribution in [0.5, 0.6) is 0 Å². The molecule has 2 N–H and O–H groups in total. The molecule has 3 aromatic rings. The van der Waals surface area contributed by atoms with Crippen molar-refractivity contribution in [3.8, 4) is 11.5 Å². The first-order valence-corrected chi connectivity index (χ1v) is 6.33. The standard InChI is InChI=1S/C14H12N4O3/c1-15-12(19)7-11-17-14(21-18-11)9-6-13(20)16-10-5-3-2-4-8(9)10/h2-6H,7H2,1H3,(H,15,19)(H,16,20). The van der Waals surface area contributed by atoms with Crippen molar-refractivity contribution in [1.82, 2.24) is 20.4 Å². The molecule has 0 aliphatic heterocycles. The number of carbonyl (C=O) groups excluding carboxylic acids is 1. The van der Waals surface area contributed by atoms with Gasteiger partial charge in [0.1, 0.15) is 0 Å². The molecule has 7 heteroatoms. The normalized spacial score (nSPS) is 10.7. The summed E-state index contributed by atoms with van der Waals surface area (Å²) in [6.45, 7) is 0. The quantitative estimate of drug-likeness (QED) is 0.743. The fourth-order valence-electron chi connectivity index (χ4n) is 2.05. The third-order valence-corrected chi connectivity index (χ3v) is 3.05. The lowest BCUT2D eigenvalue weighted by Gasteiger charge is -2.01. The molecule has 7 nitrogen and oxygen atoms in total. The highest BCUT2D eigenvalue weighted by Crippen LogP contribution is 2.24. The Kier molecular flexibility index (Phi) is 3.23. The molecule has 21 heavy (non-hydrogen) atoms. The molecule has 1 amide bonds. The largest absolute Gasteiger partial charge is 0.359 e. The van der Waals surface area contributed by atoms with Crippen LogP contribution in [0.2, 0.25) is 0 Å². The van der Waals surface area contributed by atoms with Gasteiger partial charge in [0.15, 0.2) is 5.82 Å². The van der Waals surface area contributed by atoms with Gasteiger partial charge in [0.05, 0.1) is 12.0 Å². The van der Waals surface area contributed by atoms with Gasteiger partial charge in [-0.1, -0.05) is 23.4 Å². The predicted molar refractivity (Wildman–Crippen MR) is 75.6 cm³/mol. The summed E-state index contributed by atoms with van der Waals surface area (Å²) < 4.78 is 5.17. The van der Waals surface area contributed by atoms with Gasteiger partial charge in [-0.15, -0.1) is 0 Å². The Balaban J connectivity index is 2.08. The molecule has 0 unspecified atom stereocenters. The second-order valence-electron chi connectivity index (χ2n) is 4.46. The number of rotatable bonds is 3. The van der Waals surface area contributed by atoms with Crippen LogP contribution in [0.3, 0.4) is 0 Å². The van der Waals surface area contributed by atoms with E-state index in [-0.39, 0.29) is 29.6 Å². The van der Waals surface area contributed by atoms with Crippen LogP contribution < -0.4 is 10.9 Å². The van der Waals surface area contributed by atoms with Crippen molar-refractivity contribution in [2.24, 2.45) is 0 Å². The minimum atomic E-state index is -0.255. The summed E-state index contributed by atoms with van der Waals surface area (Å²) in [6.07, 6.45) is 0.0289. The Labute approximate surface area is 119 Å². The lowest BCUT2D eigenvalue weighted by molar-refractivity contribution is -0.120. The van der Waals surface area contributed by atoms with Gasteiger partial charge in [-0.05, 0) is 6.07 Å². The highest BCUT2D eigenvalue weighted by molar-refractivity contribution is 5.91. The minimum Gasteiger partial charge on any atom is -0.359 e. The van der Waals surface area contributed by atoms with Gasteiger partial charge in [-0.3, -0.25) is 9.59 Å². The maximum atomic E-state index is 11.7. The average Bonchev–Trinajstić information content (AvgIpc) is 2.94. The number of fused-ring (bicyclic) bond motifs is 1. The molecule has 0 spiro atoms. The van der Waals surface area contributed by atoms with Gasteiger partial charge >= 0.3 is 0 Å². The number of nitrogens with one attached hydrogen (secondary N) is 2. The highest BCUT2D eigenvalue weighted by Gasteiger charge is 2.14. The van der Waals surface area contributed by atoms with Crippen LogP contribution >= 0.6 is 0 Å². The summed E-state index contributed by atoms with van der Waals surface area (Å²) in [4.78, 5) is 29.9. The number of carbonyl (C=O) groups is 1. The van der Waals surface area contributed by atoms with Gasteiger partial charge in [0, 0.05) is 24.0 Å². The predicted octanol–water partition coefficient (Wildman–Crippen LogP) is 0.867. The molecule has 2 aromatic heterocycles. The van der Waals surface area contributed by atoms with Crippen LogP contribution in [0, 0.1) is 0 Å². The molecule has 0 saturated heterocycles. The number of aromatic amines is 1. The summed E-state index contributed by atoms with van der Waals surface area (Å²) in [5.74, 6) is 0.281. The Morgan fingerprint density at radius 2 is 2.19 bits per heavy atom. The number of para-hydroxylation sites is 1. The summed E-state index contributed by atoms with van der Waals surface area (Å²) in [5, 5.41) is 7.04. The van der Waals surface area contributed by atoms with Gasteiger partial charge < -0.3 is 14.8 Å². The number of nitrogens with zero attached hydrogens (tertiary/aromatic N) is 2. The van der Waals surface area contributed by atoms with Crippen LogP contribution in [0.4, 0.5) is 0 Å². The van der Waals surface area contributed by atoms with E-state index in [4.69, 9.17) is 4.52 Å². The zero-order chi connectivity index (χ0) is 14.8. The molecule has 3 rings (SSSR count). The summed E-state index contributed by atoms with van der Waals surface area (Å²) in [7, 11) is 1.54. The fourth-order valence-corrected chi connectivity index (χ4v) is 2.05. The van der Waals surface area contributed by atoms with Crippen molar-refractivity contribution >= 4 is 16.8 Å². The van der Waals surface area contributed by atoms with E-state index in [9.17, 15) is 9.59 Å². The average molecular weight is 284 g/mol. The molecular weight excluding hydrogens is 272 g/mol. The number of benzene rings is 1. The molecule has 1 aromatic carbocycles. The third kappa shape index (κ3) is 2.53. The molecule has 2 heterocycles. The highest BCUT2D eigenvalue weighted by atomic mass is 16.5. The zero-order valence-corrected chi connectivity index (χ0v) is 11.2. The lowest BCUT2D eigenvalue weighted by Crippen LogP contribution is -2.20. The molecule has 0 radical (unpaired) electrons. The topological polar surface area (TPSA) is 101 Å². The van der Waals surface area contributed by atoms with E-state index in [2.05, 4.69) is 20.4 Å². The van der Waals surface area contributed by atoms with E-state index < -0.39 is 0 Å². The first-order chi connectivity index (χ1) is 10.2. The number of amides is 1. The van der Waals surface area contributed by atoms with Crippen LogP contribution in [0.25, 0.3) is 22.4 Å². The minimum absolute atomic E-state index is 0.0289. The number of hydrogen-bond acceptors (Lipinski definition) is 5. The van der Waals surface area contributed by atoms with Crippen molar-refractivity contribution < 1.29 is 9.32 Å². The maximum Gasteiger partial charge on any atom is 0.258 e. The van der Waals surface area contributed by atoms with Crippen molar-refractivity contribution in [2.75, 3.05) is 7.05 Å². The van der Waals surface area contributed by atoms with Crippen molar-refractivity contribution in [3.63, 3.8) is 0 Å². The Bertz CT molecular complexity index is 866. The van der Waals surface area contributed by atoms with E-state index >= 15 is 0 Å². The van der Waals surface area contributed by atoms with Crippen LogP contribution in [-0.2, 0) is 11.2 Å². The fraction of sp³-hybridized carbons (Fsp3) is 0.143. The van der Waals surface area contributed by atoms with Gasteiger partial charge in [0.25, 0.3) is 5.89 Å². The van der Waals surface area contributed by atoms with Crippen LogP contribution in [-0.4, -0.2) is 28.1 Å². The molecule has 0 aliphatic rings. The molecule has 0 aliphatic carbocycles. The van der Waals surface area contributed by atoms with E-state index in [0.717, 1.165) is 5.39 Å². The zero-order valence-electron chi connectivity index (χ0n) is 11.2. The summed E-state index contributed by atoms with van der Waals surface area (Å²) in [5.41, 5.74) is 0.978. The Morgan fingerprint density at radius 3 is 3.00 bits per heavy atom. The van der Waals surface area contributed by atoms with E-state index in [1.165, 1.54) is 13.1 Å². The first-order valence-electron chi connectivity index (χ1n) is 6.33. The van der Waals surface area contributed by atoms with E-state index in [1.54, 1.807) is 6.07 Å². The Hall–Kier alpha value is -2.96. The second-order valence-corrected chi connectivity index (χ2v) is 4.46. The second kappa shape index (κ2) is 5.20. The van der Waals surface area contributed by atoms with Gasteiger partial charge in [0.2, 0.25) is 11.5 Å². The molecule has 0 saturated carbocycles. The molecular formula is C14H12N4O3. The lowest BCUT2D eigenvalue weighted by atomic mass is 10.1. The first kappa shape index (κ1) is 13.0. The van der Waals surface area contributed by atoms with Gasteiger partial charge in [-0.25, -0.2) is 0 Å². The number of hydrogen-bond donors (Lipinski definition) is 2. The van der Waals surface area contributed by atoms with E-state index in [0.29, 0.717) is 11.1 Å². The third-order valence-electron chi connectivity index (χ3n) is 3.05. The maximum absolute atomic E-state index is 11.7. The molecule has 0 fully saturated rings. The number of pyridine rings is 1. The molecule has 0 atom stereocenters.